The van der Waals surface area contributed by atoms with E-state index < -0.39 is 0 Å². The first-order chi connectivity index (χ1) is 14.9. The van der Waals surface area contributed by atoms with Gasteiger partial charge < -0.3 is 10.6 Å². The molecule has 0 saturated heterocycles. The average molecular weight is 403 g/mol. The summed E-state index contributed by atoms with van der Waals surface area (Å²) in [5.41, 5.74) is 2.17. The lowest BCUT2D eigenvalue weighted by Gasteiger charge is -2.23. The van der Waals surface area contributed by atoms with Crippen LogP contribution in [0, 0.1) is 0 Å². The van der Waals surface area contributed by atoms with Crippen LogP contribution in [-0.2, 0) is 0 Å². The Labute approximate surface area is 180 Å². The number of nitrogens with zero attached hydrogens (tertiary/aromatic N) is 2. The Bertz CT molecular complexity index is 817. The quantitative estimate of drug-likeness (QED) is 0.475. The van der Waals surface area contributed by atoms with Gasteiger partial charge in [0.05, 0.1) is 12.1 Å². The Balaban J connectivity index is 1.60. The lowest BCUT2D eigenvalue weighted by molar-refractivity contribution is 0.441. The maximum Gasteiger partial charge on any atom is 0.201 e. The molecule has 0 aliphatic heterocycles. The van der Waals surface area contributed by atoms with Gasteiger partial charge in [0, 0.05) is 11.3 Å². The summed E-state index contributed by atoms with van der Waals surface area (Å²) in [6, 6.07) is 21.6. The van der Waals surface area contributed by atoms with Crippen molar-refractivity contribution < 1.29 is 0 Å². The molecule has 158 valence electrons. The minimum Gasteiger partial charge on any atom is -0.326 e. The van der Waals surface area contributed by atoms with Gasteiger partial charge in [0.2, 0.25) is 5.96 Å². The van der Waals surface area contributed by atoms with Crippen molar-refractivity contribution in [2.24, 2.45) is 9.98 Å². The second-order valence-electron chi connectivity index (χ2n) is 8.52. The molecule has 0 radical (unpaired) electrons. The third-order valence-corrected chi connectivity index (χ3v) is 6.09. The van der Waals surface area contributed by atoms with Crippen molar-refractivity contribution in [1.82, 2.24) is 5.32 Å². The maximum absolute atomic E-state index is 5.17. The van der Waals surface area contributed by atoms with Gasteiger partial charge >= 0.3 is 0 Å². The lowest BCUT2D eigenvalue weighted by atomic mass is 9.96. The van der Waals surface area contributed by atoms with Crippen LogP contribution in [0.4, 0.5) is 5.69 Å². The highest BCUT2D eigenvalue weighted by atomic mass is 15.2. The average Bonchev–Trinajstić information content (AvgIpc) is 2.81. The van der Waals surface area contributed by atoms with Crippen molar-refractivity contribution in [2.75, 3.05) is 5.32 Å². The van der Waals surface area contributed by atoms with Gasteiger partial charge in [-0.2, -0.15) is 0 Å². The molecule has 2 saturated carbocycles. The van der Waals surface area contributed by atoms with Crippen LogP contribution in [0.15, 0.2) is 70.6 Å². The van der Waals surface area contributed by atoms with Crippen molar-refractivity contribution in [2.45, 2.75) is 76.3 Å². The van der Waals surface area contributed by atoms with E-state index in [0.29, 0.717) is 12.1 Å². The molecule has 0 atom stereocenters. The fraction of sp³-hybridized carbons (Fsp3) is 0.462. The first-order valence-corrected chi connectivity index (χ1v) is 11.7. The SMILES string of the molecule is c1ccc(NC(=NC2CCCCC2)NC(=NC2CCCCC2)c2ccccc2)cc1. The summed E-state index contributed by atoms with van der Waals surface area (Å²) in [6.45, 7) is 0. The molecule has 2 N–H and O–H groups in total. The predicted molar refractivity (Wildman–Crippen MR) is 127 cm³/mol. The second kappa shape index (κ2) is 11.0. The van der Waals surface area contributed by atoms with Crippen molar-refractivity contribution in [3.05, 3.63) is 66.2 Å². The highest BCUT2D eigenvalue weighted by Gasteiger charge is 2.17. The van der Waals surface area contributed by atoms with Crippen LogP contribution in [0.25, 0.3) is 0 Å². The Morgan fingerprint density at radius 3 is 1.77 bits per heavy atom. The smallest absolute Gasteiger partial charge is 0.201 e. The molecule has 4 nitrogen and oxygen atoms in total. The molecule has 0 heterocycles. The molecule has 0 spiro atoms. The summed E-state index contributed by atoms with van der Waals surface area (Å²) in [4.78, 5) is 10.3. The molecule has 2 aromatic carbocycles. The van der Waals surface area contributed by atoms with Gasteiger partial charge in [-0.1, -0.05) is 87.1 Å². The fourth-order valence-electron chi connectivity index (χ4n) is 4.43. The van der Waals surface area contributed by atoms with E-state index in [9.17, 15) is 0 Å². The first kappa shape index (κ1) is 20.6. The van der Waals surface area contributed by atoms with Gasteiger partial charge in [-0.3, -0.25) is 4.99 Å². The summed E-state index contributed by atoms with van der Waals surface area (Å²) in [5.74, 6) is 1.74. The van der Waals surface area contributed by atoms with E-state index in [2.05, 4.69) is 65.2 Å². The van der Waals surface area contributed by atoms with E-state index in [-0.39, 0.29) is 0 Å². The largest absolute Gasteiger partial charge is 0.326 e. The van der Waals surface area contributed by atoms with Crippen LogP contribution in [0.1, 0.15) is 69.8 Å². The van der Waals surface area contributed by atoms with Gasteiger partial charge in [0.1, 0.15) is 5.84 Å². The minimum absolute atomic E-state index is 0.379. The van der Waals surface area contributed by atoms with E-state index in [0.717, 1.165) is 23.0 Å². The van der Waals surface area contributed by atoms with E-state index in [1.807, 2.05) is 6.07 Å². The van der Waals surface area contributed by atoms with Crippen molar-refractivity contribution in [3.8, 4) is 0 Å². The normalized spacial score (nSPS) is 19.5. The number of nitrogens with one attached hydrogen (secondary N) is 2. The highest BCUT2D eigenvalue weighted by Crippen LogP contribution is 2.22. The van der Waals surface area contributed by atoms with Gasteiger partial charge in [-0.25, -0.2) is 4.99 Å². The van der Waals surface area contributed by atoms with E-state index in [4.69, 9.17) is 9.98 Å². The molecule has 0 bridgehead atoms. The van der Waals surface area contributed by atoms with Gasteiger partial charge in [-0.15, -0.1) is 0 Å². The number of hydrogen-bond donors (Lipinski definition) is 2. The van der Waals surface area contributed by atoms with E-state index in [1.54, 1.807) is 0 Å². The lowest BCUT2D eigenvalue weighted by Crippen LogP contribution is -2.38. The Morgan fingerprint density at radius 1 is 0.633 bits per heavy atom. The van der Waals surface area contributed by atoms with Gasteiger partial charge in [-0.05, 0) is 37.8 Å². The molecular formula is C26H34N4. The fourth-order valence-corrected chi connectivity index (χ4v) is 4.43. The molecule has 4 heteroatoms. The summed E-state index contributed by atoms with van der Waals surface area (Å²) >= 11 is 0. The third-order valence-electron chi connectivity index (χ3n) is 6.09. The van der Waals surface area contributed by atoms with Crippen molar-refractivity contribution in [1.29, 1.82) is 0 Å². The number of benzene rings is 2. The van der Waals surface area contributed by atoms with Crippen LogP contribution in [0.3, 0.4) is 0 Å². The van der Waals surface area contributed by atoms with Crippen LogP contribution in [0.5, 0.6) is 0 Å². The van der Waals surface area contributed by atoms with E-state index in [1.165, 1.54) is 64.2 Å². The summed E-state index contributed by atoms with van der Waals surface area (Å²) in [6.07, 6.45) is 12.5. The Kier molecular flexibility index (Phi) is 7.54. The zero-order valence-corrected chi connectivity index (χ0v) is 17.9. The van der Waals surface area contributed by atoms with Gasteiger partial charge in [0.15, 0.2) is 0 Å². The van der Waals surface area contributed by atoms with Crippen LogP contribution >= 0.6 is 0 Å². The standard InChI is InChI=1S/C26H34N4/c1-5-13-21(14-6-1)25(27-22-15-7-2-8-16-22)30-26(28-23-17-9-3-10-18-23)29-24-19-11-4-12-20-24/h1,3,5-6,9-10,13-14,17-18,22,24H,2,4,7-8,11-12,15-16,19-20H2,(H2,27,28,29,30). The number of para-hydroxylation sites is 1. The Morgan fingerprint density at radius 2 is 1.17 bits per heavy atom. The highest BCUT2D eigenvalue weighted by molar-refractivity contribution is 6.12. The Hall–Kier alpha value is -2.62. The number of aliphatic imine (C=N–C) groups is 2. The molecule has 0 unspecified atom stereocenters. The molecule has 2 fully saturated rings. The van der Waals surface area contributed by atoms with Crippen LogP contribution < -0.4 is 10.6 Å². The summed E-state index contributed by atoms with van der Waals surface area (Å²) < 4.78 is 0. The first-order valence-electron chi connectivity index (χ1n) is 11.7. The molecule has 0 aromatic heterocycles. The van der Waals surface area contributed by atoms with Crippen molar-refractivity contribution in [3.63, 3.8) is 0 Å². The second-order valence-corrected chi connectivity index (χ2v) is 8.52. The number of hydrogen-bond acceptors (Lipinski definition) is 2. The van der Waals surface area contributed by atoms with Crippen LogP contribution in [0.2, 0.25) is 0 Å². The number of rotatable bonds is 4. The number of anilines is 1. The maximum atomic E-state index is 5.17. The van der Waals surface area contributed by atoms with Crippen LogP contribution in [-0.4, -0.2) is 23.9 Å². The molecule has 2 aliphatic rings. The molecule has 0 amide bonds. The number of guanidine groups is 1. The zero-order chi connectivity index (χ0) is 20.4. The minimum atomic E-state index is 0.379. The van der Waals surface area contributed by atoms with Crippen molar-refractivity contribution >= 4 is 17.5 Å². The predicted octanol–water partition coefficient (Wildman–Crippen LogP) is 6.16. The summed E-state index contributed by atoms with van der Waals surface area (Å²) in [7, 11) is 0. The van der Waals surface area contributed by atoms with E-state index >= 15 is 0 Å². The topological polar surface area (TPSA) is 48.8 Å². The molecule has 30 heavy (non-hydrogen) atoms. The molecule has 2 aromatic rings. The monoisotopic (exact) mass is 402 g/mol. The van der Waals surface area contributed by atoms with Gasteiger partial charge in [0.25, 0.3) is 0 Å². The molecular weight excluding hydrogens is 368 g/mol. The summed E-state index contributed by atoms with van der Waals surface area (Å²) in [5, 5.41) is 7.12. The zero-order valence-electron chi connectivity index (χ0n) is 17.9. The molecule has 2 aliphatic carbocycles. The number of amidine groups is 1. The molecule has 4 rings (SSSR count). The third kappa shape index (κ3) is 6.19.